The van der Waals surface area contributed by atoms with Gasteiger partial charge in [-0.3, -0.25) is 9.59 Å². The van der Waals surface area contributed by atoms with Crippen molar-refractivity contribution in [3.63, 3.8) is 0 Å². The summed E-state index contributed by atoms with van der Waals surface area (Å²) in [5.74, 6) is -0.108. The van der Waals surface area contributed by atoms with E-state index in [-0.39, 0.29) is 52.0 Å². The summed E-state index contributed by atoms with van der Waals surface area (Å²) in [6.07, 6.45) is 3.63. The third kappa shape index (κ3) is 10.00. The fourth-order valence-electron chi connectivity index (χ4n) is 3.54. The minimum Gasteiger partial charge on any atom is -0.338 e. The summed E-state index contributed by atoms with van der Waals surface area (Å²) in [4.78, 5) is 25.9. The van der Waals surface area contributed by atoms with Crippen molar-refractivity contribution in [3.05, 3.63) is 0 Å². The van der Waals surface area contributed by atoms with Crippen molar-refractivity contribution in [1.82, 2.24) is 10.6 Å². The first-order valence-electron chi connectivity index (χ1n) is 11.4. The third-order valence-corrected chi connectivity index (χ3v) is 6.59. The first-order chi connectivity index (χ1) is 12.9. The maximum atomic E-state index is 13.1. The van der Waals surface area contributed by atoms with Gasteiger partial charge in [0.15, 0.2) is 0 Å². The highest BCUT2D eigenvalue weighted by Gasteiger charge is 2.38. The molecule has 29 heavy (non-hydrogen) atoms. The van der Waals surface area contributed by atoms with Crippen LogP contribution in [-0.2, 0) is 9.59 Å². The van der Waals surface area contributed by atoms with Crippen LogP contribution in [0.1, 0.15) is 109 Å². The Bertz CT molecular complexity index is 536. The Kier molecular flexibility index (Phi) is 9.93. The number of carbonyl (C=O) groups is 2. The minimum absolute atomic E-state index is 0.0212. The first-order valence-corrected chi connectivity index (χ1v) is 11.4. The van der Waals surface area contributed by atoms with Gasteiger partial charge >= 0.3 is 0 Å². The topological polar surface area (TPSA) is 58.2 Å². The average molecular weight is 411 g/mol. The molecule has 0 fully saturated rings. The standard InChI is InChI=1S/C25H50N2O2/c1-13-24(9,10)16-19(25(11,12)14-2)21(29)27-17-26-20(28)18(23(6,7)8)15-22(3,4)5/h18-19H,13-17H2,1-12H3,(H,26,28)(H,27,29). The summed E-state index contributed by atoms with van der Waals surface area (Å²) in [7, 11) is 0. The lowest BCUT2D eigenvalue weighted by atomic mass is 9.68. The van der Waals surface area contributed by atoms with E-state index in [0.717, 1.165) is 25.7 Å². The normalized spacial score (nSPS) is 15.6. The average Bonchev–Trinajstić information content (AvgIpc) is 2.55. The van der Waals surface area contributed by atoms with Gasteiger partial charge in [-0.1, -0.05) is 95.9 Å². The molecule has 0 spiro atoms. The largest absolute Gasteiger partial charge is 0.338 e. The van der Waals surface area contributed by atoms with Gasteiger partial charge in [-0.25, -0.2) is 0 Å². The molecule has 2 atom stereocenters. The zero-order valence-corrected chi connectivity index (χ0v) is 21.5. The number of carbonyl (C=O) groups excluding carboxylic acids is 2. The fourth-order valence-corrected chi connectivity index (χ4v) is 3.54. The Balaban J connectivity index is 5.12. The SMILES string of the molecule is CCC(C)(C)CC(C(=O)NCNC(=O)C(CC(C)(C)C)C(C)(C)C)C(C)(C)CC. The predicted molar refractivity (Wildman–Crippen MR) is 124 cm³/mol. The van der Waals surface area contributed by atoms with Crippen LogP contribution >= 0.6 is 0 Å². The number of hydrogen-bond acceptors (Lipinski definition) is 2. The molecule has 0 aromatic carbocycles. The van der Waals surface area contributed by atoms with E-state index < -0.39 is 0 Å². The van der Waals surface area contributed by atoms with E-state index >= 15 is 0 Å². The van der Waals surface area contributed by atoms with Crippen LogP contribution in [0.25, 0.3) is 0 Å². The third-order valence-electron chi connectivity index (χ3n) is 6.59. The van der Waals surface area contributed by atoms with Gasteiger partial charge in [-0.15, -0.1) is 0 Å². The second-order valence-corrected chi connectivity index (χ2v) is 12.6. The molecule has 0 aromatic heterocycles. The Labute approximate surface area is 181 Å². The molecule has 0 heterocycles. The molecule has 0 radical (unpaired) electrons. The van der Waals surface area contributed by atoms with E-state index in [9.17, 15) is 9.59 Å². The number of nitrogens with one attached hydrogen (secondary N) is 2. The monoisotopic (exact) mass is 410 g/mol. The Morgan fingerprint density at radius 1 is 0.690 bits per heavy atom. The zero-order chi connectivity index (χ0) is 23.3. The van der Waals surface area contributed by atoms with Gasteiger partial charge in [-0.2, -0.15) is 0 Å². The quantitative estimate of drug-likeness (QED) is 0.424. The van der Waals surface area contributed by atoms with Crippen molar-refractivity contribution in [2.45, 2.75) is 109 Å². The Hall–Kier alpha value is -1.06. The lowest BCUT2D eigenvalue weighted by Crippen LogP contribution is -2.48. The molecule has 0 aliphatic rings. The Morgan fingerprint density at radius 3 is 1.48 bits per heavy atom. The van der Waals surface area contributed by atoms with E-state index in [0.29, 0.717) is 0 Å². The van der Waals surface area contributed by atoms with Crippen molar-refractivity contribution in [3.8, 4) is 0 Å². The van der Waals surface area contributed by atoms with Crippen LogP contribution in [0.5, 0.6) is 0 Å². The van der Waals surface area contributed by atoms with E-state index in [4.69, 9.17) is 0 Å². The smallest absolute Gasteiger partial charge is 0.225 e. The number of hydrogen-bond donors (Lipinski definition) is 2. The molecule has 0 aliphatic heterocycles. The zero-order valence-electron chi connectivity index (χ0n) is 21.5. The molecule has 0 saturated heterocycles. The molecular formula is C25H50N2O2. The molecule has 0 saturated carbocycles. The highest BCUT2D eigenvalue weighted by Crippen LogP contribution is 2.40. The molecule has 0 bridgehead atoms. The van der Waals surface area contributed by atoms with Gasteiger partial charge in [0.05, 0.1) is 6.67 Å². The molecule has 0 aromatic rings. The van der Waals surface area contributed by atoms with Gasteiger partial charge in [-0.05, 0) is 34.5 Å². The van der Waals surface area contributed by atoms with Crippen LogP contribution in [0.4, 0.5) is 0 Å². The maximum absolute atomic E-state index is 13.1. The fraction of sp³-hybridized carbons (Fsp3) is 0.920. The van der Waals surface area contributed by atoms with Gasteiger partial charge in [0, 0.05) is 11.8 Å². The number of rotatable bonds is 10. The summed E-state index contributed by atoms with van der Waals surface area (Å²) in [6, 6.07) is 0. The Morgan fingerprint density at radius 2 is 1.14 bits per heavy atom. The van der Waals surface area contributed by atoms with E-state index in [2.05, 4.69) is 93.7 Å². The second-order valence-electron chi connectivity index (χ2n) is 12.6. The highest BCUT2D eigenvalue weighted by molar-refractivity contribution is 5.82. The molecule has 4 nitrogen and oxygen atoms in total. The molecule has 172 valence electrons. The minimum atomic E-state index is -0.126. The van der Waals surface area contributed by atoms with Crippen molar-refractivity contribution < 1.29 is 9.59 Å². The van der Waals surface area contributed by atoms with Crippen molar-refractivity contribution in [2.75, 3.05) is 6.67 Å². The lowest BCUT2D eigenvalue weighted by molar-refractivity contribution is -0.132. The number of amides is 2. The maximum Gasteiger partial charge on any atom is 0.225 e. The van der Waals surface area contributed by atoms with Crippen LogP contribution in [0.2, 0.25) is 0 Å². The summed E-state index contributed by atoms with van der Waals surface area (Å²) in [5, 5.41) is 5.97. The molecule has 4 heteroatoms. The van der Waals surface area contributed by atoms with Crippen LogP contribution in [0.15, 0.2) is 0 Å². The molecule has 2 amide bonds. The van der Waals surface area contributed by atoms with Crippen LogP contribution in [-0.4, -0.2) is 18.5 Å². The second kappa shape index (κ2) is 10.3. The molecular weight excluding hydrogens is 360 g/mol. The summed E-state index contributed by atoms with van der Waals surface area (Å²) >= 11 is 0. The van der Waals surface area contributed by atoms with Crippen molar-refractivity contribution in [2.24, 2.45) is 33.5 Å². The van der Waals surface area contributed by atoms with Crippen molar-refractivity contribution in [1.29, 1.82) is 0 Å². The van der Waals surface area contributed by atoms with Gasteiger partial charge in [0.1, 0.15) is 0 Å². The summed E-state index contributed by atoms with van der Waals surface area (Å²) < 4.78 is 0. The van der Waals surface area contributed by atoms with E-state index in [1.807, 2.05) is 0 Å². The summed E-state index contributed by atoms with van der Waals surface area (Å²) in [5.41, 5.74) is -0.0256. The van der Waals surface area contributed by atoms with Crippen LogP contribution in [0.3, 0.4) is 0 Å². The molecule has 0 aliphatic carbocycles. The molecule has 2 N–H and O–H groups in total. The molecule has 2 unspecified atom stereocenters. The van der Waals surface area contributed by atoms with Crippen molar-refractivity contribution >= 4 is 11.8 Å². The van der Waals surface area contributed by atoms with Gasteiger partial charge in [0.25, 0.3) is 0 Å². The molecule has 0 rings (SSSR count). The highest BCUT2D eigenvalue weighted by atomic mass is 16.2. The van der Waals surface area contributed by atoms with Crippen LogP contribution in [0, 0.1) is 33.5 Å². The predicted octanol–water partition coefficient (Wildman–Crippen LogP) is 6.15. The van der Waals surface area contributed by atoms with Gasteiger partial charge < -0.3 is 10.6 Å². The van der Waals surface area contributed by atoms with Gasteiger partial charge in [0.2, 0.25) is 11.8 Å². The lowest BCUT2D eigenvalue weighted by Gasteiger charge is -2.38. The first kappa shape index (κ1) is 27.9. The summed E-state index contributed by atoms with van der Waals surface area (Å²) in [6.45, 7) is 26.1. The van der Waals surface area contributed by atoms with E-state index in [1.54, 1.807) is 0 Å². The van der Waals surface area contributed by atoms with Crippen LogP contribution < -0.4 is 10.6 Å². The van der Waals surface area contributed by atoms with E-state index in [1.165, 1.54) is 0 Å².